The first-order valence-corrected chi connectivity index (χ1v) is 8.89. The Hall–Kier alpha value is -2.81. The molecule has 144 valence electrons. The molecule has 0 aliphatic carbocycles. The van der Waals surface area contributed by atoms with Crippen LogP contribution in [0.1, 0.15) is 39.4 Å². The first kappa shape index (κ1) is 20.5. The summed E-state index contributed by atoms with van der Waals surface area (Å²) in [5.74, 6) is -4.82. The van der Waals surface area contributed by atoms with E-state index in [9.17, 15) is 23.2 Å². The van der Waals surface area contributed by atoms with Crippen molar-refractivity contribution in [2.24, 2.45) is 0 Å². The van der Waals surface area contributed by atoms with Crippen molar-refractivity contribution in [3.05, 3.63) is 51.9 Å². The lowest BCUT2D eigenvalue weighted by atomic mass is 10.2. The van der Waals surface area contributed by atoms with Gasteiger partial charge in [-0.3, -0.25) is 4.79 Å². The lowest BCUT2D eigenvalue weighted by Crippen LogP contribution is -2.22. The van der Waals surface area contributed by atoms with E-state index in [0.717, 1.165) is 23.1 Å². The Morgan fingerprint density at radius 1 is 1.07 bits per heavy atom. The van der Waals surface area contributed by atoms with Gasteiger partial charge in [-0.25, -0.2) is 18.4 Å². The Balaban J connectivity index is 2.05. The van der Waals surface area contributed by atoms with Crippen LogP contribution in [-0.4, -0.2) is 31.1 Å². The molecule has 6 nitrogen and oxygen atoms in total. The number of thiophene rings is 1. The topological polar surface area (TPSA) is 81.7 Å². The van der Waals surface area contributed by atoms with Crippen LogP contribution < -0.4 is 5.32 Å². The largest absolute Gasteiger partial charge is 0.462 e. The summed E-state index contributed by atoms with van der Waals surface area (Å²) in [4.78, 5) is 36.6. The molecule has 9 heteroatoms. The molecule has 0 saturated carbocycles. The summed E-state index contributed by atoms with van der Waals surface area (Å²) >= 11 is 1.18. The van der Waals surface area contributed by atoms with Gasteiger partial charge in [0.1, 0.15) is 22.2 Å². The van der Waals surface area contributed by atoms with Crippen molar-refractivity contribution in [1.29, 1.82) is 0 Å². The average Bonchev–Trinajstić information content (AvgIpc) is 3.03. The monoisotopic (exact) mass is 397 g/mol. The minimum Gasteiger partial charge on any atom is -0.462 e. The van der Waals surface area contributed by atoms with E-state index >= 15 is 0 Å². The number of amides is 1. The van der Waals surface area contributed by atoms with Crippen molar-refractivity contribution in [3.8, 4) is 0 Å². The molecule has 0 spiro atoms. The molecular formula is C18H17F2NO5S. The van der Waals surface area contributed by atoms with Gasteiger partial charge in [0.15, 0.2) is 6.61 Å². The molecule has 0 fully saturated rings. The highest BCUT2D eigenvalue weighted by Crippen LogP contribution is 2.29. The average molecular weight is 397 g/mol. The van der Waals surface area contributed by atoms with Gasteiger partial charge < -0.3 is 14.8 Å². The molecule has 0 bridgehead atoms. The van der Waals surface area contributed by atoms with Crippen LogP contribution in [0.5, 0.6) is 0 Å². The predicted octanol–water partition coefficient (Wildman–Crippen LogP) is 3.56. The Kier molecular flexibility index (Phi) is 7.00. The molecule has 2 aromatic rings. The quantitative estimate of drug-likeness (QED) is 0.723. The van der Waals surface area contributed by atoms with Gasteiger partial charge in [0.05, 0.1) is 12.2 Å². The van der Waals surface area contributed by atoms with Gasteiger partial charge in [0, 0.05) is 4.88 Å². The summed E-state index contributed by atoms with van der Waals surface area (Å²) in [6.45, 7) is 2.95. The minimum absolute atomic E-state index is 0.176. The van der Waals surface area contributed by atoms with Gasteiger partial charge in [-0.2, -0.15) is 0 Å². The highest BCUT2D eigenvalue weighted by molar-refractivity contribution is 7.16. The second kappa shape index (κ2) is 9.22. The molecule has 1 aromatic heterocycles. The number of anilines is 1. The zero-order valence-corrected chi connectivity index (χ0v) is 15.5. The molecule has 0 aliphatic heterocycles. The van der Waals surface area contributed by atoms with Gasteiger partial charge in [0.25, 0.3) is 5.91 Å². The number of rotatable bonds is 7. The highest BCUT2D eigenvalue weighted by Gasteiger charge is 2.21. The zero-order chi connectivity index (χ0) is 20.0. The SMILES string of the molecule is CCOC(=O)c1cc(CC)sc1NC(=O)COC(=O)c1c(F)cccc1F. The van der Waals surface area contributed by atoms with Crippen LogP contribution in [0.25, 0.3) is 0 Å². The summed E-state index contributed by atoms with van der Waals surface area (Å²) in [7, 11) is 0. The maximum atomic E-state index is 13.5. The summed E-state index contributed by atoms with van der Waals surface area (Å²) in [6.07, 6.45) is 0.647. The molecule has 0 aliphatic rings. The van der Waals surface area contributed by atoms with Crippen molar-refractivity contribution in [2.75, 3.05) is 18.5 Å². The maximum Gasteiger partial charge on any atom is 0.344 e. The van der Waals surface area contributed by atoms with Crippen LogP contribution >= 0.6 is 11.3 Å². The maximum absolute atomic E-state index is 13.5. The first-order valence-electron chi connectivity index (χ1n) is 8.08. The molecule has 0 atom stereocenters. The molecule has 0 radical (unpaired) electrons. The number of benzene rings is 1. The van der Waals surface area contributed by atoms with Gasteiger partial charge in [0.2, 0.25) is 0 Å². The molecule has 1 N–H and O–H groups in total. The van der Waals surface area contributed by atoms with E-state index < -0.39 is 41.7 Å². The normalized spacial score (nSPS) is 10.4. The van der Waals surface area contributed by atoms with E-state index in [1.807, 2.05) is 6.92 Å². The number of hydrogen-bond donors (Lipinski definition) is 1. The number of halogens is 2. The second-order valence-corrected chi connectivity index (χ2v) is 6.39. The highest BCUT2D eigenvalue weighted by atomic mass is 32.1. The standard InChI is InChI=1S/C18H17F2NO5S/c1-3-10-8-11(17(23)25-4-2)16(27-10)21-14(22)9-26-18(24)15-12(19)6-5-7-13(15)20/h5-8H,3-4,9H2,1-2H3,(H,21,22). The van der Waals surface area contributed by atoms with Gasteiger partial charge >= 0.3 is 11.9 Å². The van der Waals surface area contributed by atoms with Crippen molar-refractivity contribution in [1.82, 2.24) is 0 Å². The number of carbonyl (C=O) groups is 3. The fourth-order valence-corrected chi connectivity index (χ4v) is 3.13. The fraction of sp³-hybridized carbons (Fsp3) is 0.278. The van der Waals surface area contributed by atoms with Crippen LogP contribution in [0.4, 0.5) is 13.8 Å². The lowest BCUT2D eigenvalue weighted by Gasteiger charge is -2.08. The number of hydrogen-bond acceptors (Lipinski definition) is 6. The molecule has 1 heterocycles. The smallest absolute Gasteiger partial charge is 0.344 e. The number of esters is 2. The Labute approximate surface area is 158 Å². The van der Waals surface area contributed by atoms with E-state index in [0.29, 0.717) is 6.42 Å². The van der Waals surface area contributed by atoms with E-state index in [1.54, 1.807) is 13.0 Å². The van der Waals surface area contributed by atoms with Gasteiger partial charge in [-0.15, -0.1) is 11.3 Å². The van der Waals surface area contributed by atoms with Crippen LogP contribution in [0.3, 0.4) is 0 Å². The second-order valence-electron chi connectivity index (χ2n) is 5.25. The fourth-order valence-electron chi connectivity index (χ4n) is 2.13. The van der Waals surface area contributed by atoms with E-state index in [-0.39, 0.29) is 17.2 Å². The summed E-state index contributed by atoms with van der Waals surface area (Å²) < 4.78 is 36.7. The molecule has 1 aromatic carbocycles. The summed E-state index contributed by atoms with van der Waals surface area (Å²) in [5.41, 5.74) is -0.680. The van der Waals surface area contributed by atoms with Crippen molar-refractivity contribution in [3.63, 3.8) is 0 Å². The number of ether oxygens (including phenoxy) is 2. The molecular weight excluding hydrogens is 380 g/mol. The first-order chi connectivity index (χ1) is 12.9. The Bertz CT molecular complexity index is 845. The number of carbonyl (C=O) groups excluding carboxylic acids is 3. The molecule has 1 amide bonds. The van der Waals surface area contributed by atoms with Crippen LogP contribution in [0.15, 0.2) is 24.3 Å². The molecule has 0 saturated heterocycles. The predicted molar refractivity (Wildman–Crippen MR) is 94.9 cm³/mol. The van der Waals surface area contributed by atoms with Crippen molar-refractivity contribution >= 4 is 34.2 Å². The molecule has 27 heavy (non-hydrogen) atoms. The molecule has 0 unspecified atom stereocenters. The summed E-state index contributed by atoms with van der Waals surface area (Å²) in [6, 6.07) is 4.53. The van der Waals surface area contributed by atoms with Gasteiger partial charge in [-0.1, -0.05) is 13.0 Å². The third-order valence-corrected chi connectivity index (χ3v) is 4.58. The van der Waals surface area contributed by atoms with Crippen LogP contribution in [0, 0.1) is 11.6 Å². The van der Waals surface area contributed by atoms with E-state index in [1.165, 1.54) is 11.3 Å². The molecule has 2 rings (SSSR count). The Morgan fingerprint density at radius 2 is 1.74 bits per heavy atom. The van der Waals surface area contributed by atoms with E-state index in [2.05, 4.69) is 10.1 Å². The zero-order valence-electron chi connectivity index (χ0n) is 14.6. The van der Waals surface area contributed by atoms with Crippen LogP contribution in [-0.2, 0) is 20.7 Å². The Morgan fingerprint density at radius 3 is 2.33 bits per heavy atom. The number of aryl methyl sites for hydroxylation is 1. The van der Waals surface area contributed by atoms with Gasteiger partial charge in [-0.05, 0) is 31.5 Å². The number of nitrogens with one attached hydrogen (secondary N) is 1. The third-order valence-electron chi connectivity index (χ3n) is 3.38. The minimum atomic E-state index is -1.30. The third kappa shape index (κ3) is 5.10. The van der Waals surface area contributed by atoms with Crippen molar-refractivity contribution < 1.29 is 32.6 Å². The van der Waals surface area contributed by atoms with Crippen molar-refractivity contribution in [2.45, 2.75) is 20.3 Å². The summed E-state index contributed by atoms with van der Waals surface area (Å²) in [5, 5.41) is 2.71. The van der Waals surface area contributed by atoms with Crippen LogP contribution in [0.2, 0.25) is 0 Å². The lowest BCUT2D eigenvalue weighted by molar-refractivity contribution is -0.119. The van der Waals surface area contributed by atoms with E-state index in [4.69, 9.17) is 4.74 Å².